The molecule has 0 saturated heterocycles. The summed E-state index contributed by atoms with van der Waals surface area (Å²) >= 11 is 1.28. The molecule has 0 aliphatic rings. The van der Waals surface area contributed by atoms with Gasteiger partial charge in [-0.25, -0.2) is 4.98 Å². The van der Waals surface area contributed by atoms with Crippen molar-refractivity contribution < 1.29 is 15.0 Å². The molecule has 1 amide bonds. The summed E-state index contributed by atoms with van der Waals surface area (Å²) in [5.41, 5.74) is 0.628. The smallest absolute Gasteiger partial charge is 0.217 e. The van der Waals surface area contributed by atoms with Crippen LogP contribution in [0.3, 0.4) is 0 Å². The first kappa shape index (κ1) is 22.6. The molecule has 1 aromatic heterocycles. The number of nitrogens with zero attached hydrogens (tertiary/aromatic N) is 1. The van der Waals surface area contributed by atoms with Crippen LogP contribution in [0.25, 0.3) is 0 Å². The minimum Gasteiger partial charge on any atom is -0.394 e. The zero-order valence-electron chi connectivity index (χ0n) is 16.0. The SMILES string of the molecule is CCCCCCCCCCC#Cc1csc(C(O)C(CO)NC(C)=O)n1. The van der Waals surface area contributed by atoms with Gasteiger partial charge in [0.15, 0.2) is 0 Å². The summed E-state index contributed by atoms with van der Waals surface area (Å²) in [6.07, 6.45) is 10.1. The molecule has 0 aromatic carbocycles. The summed E-state index contributed by atoms with van der Waals surface area (Å²) in [6, 6.07) is -0.753. The number of hydrogen-bond donors (Lipinski definition) is 3. The molecular formula is C20H32N2O3S. The molecule has 2 atom stereocenters. The fourth-order valence-electron chi connectivity index (χ4n) is 2.64. The van der Waals surface area contributed by atoms with Crippen molar-refractivity contribution in [3.8, 4) is 11.8 Å². The lowest BCUT2D eigenvalue weighted by atomic mass is 10.1. The van der Waals surface area contributed by atoms with E-state index < -0.39 is 12.1 Å². The van der Waals surface area contributed by atoms with Gasteiger partial charge < -0.3 is 15.5 Å². The average Bonchev–Trinajstić information content (AvgIpc) is 3.09. The van der Waals surface area contributed by atoms with Crippen LogP contribution in [-0.4, -0.2) is 33.8 Å². The Hall–Kier alpha value is -1.42. The summed E-state index contributed by atoms with van der Waals surface area (Å²) in [7, 11) is 0. The van der Waals surface area contributed by atoms with E-state index in [2.05, 4.69) is 29.1 Å². The highest BCUT2D eigenvalue weighted by Gasteiger charge is 2.23. The quantitative estimate of drug-likeness (QED) is 0.382. The number of thiazole rings is 1. The predicted molar refractivity (Wildman–Crippen MR) is 106 cm³/mol. The van der Waals surface area contributed by atoms with Crippen LogP contribution in [0.5, 0.6) is 0 Å². The van der Waals surface area contributed by atoms with Gasteiger partial charge in [0.25, 0.3) is 0 Å². The minimum absolute atomic E-state index is 0.301. The number of nitrogens with one attached hydrogen (secondary N) is 1. The monoisotopic (exact) mass is 380 g/mol. The summed E-state index contributed by atoms with van der Waals surface area (Å²) in [4.78, 5) is 15.4. The third kappa shape index (κ3) is 9.33. The van der Waals surface area contributed by atoms with Gasteiger partial charge in [-0.3, -0.25) is 4.79 Å². The van der Waals surface area contributed by atoms with Crippen LogP contribution in [0.2, 0.25) is 0 Å². The summed E-state index contributed by atoms with van der Waals surface area (Å²) < 4.78 is 0. The van der Waals surface area contributed by atoms with E-state index >= 15 is 0 Å². The maximum Gasteiger partial charge on any atom is 0.217 e. The number of aromatic nitrogens is 1. The van der Waals surface area contributed by atoms with Crippen molar-refractivity contribution in [1.82, 2.24) is 10.3 Å². The van der Waals surface area contributed by atoms with Gasteiger partial charge in [-0.1, -0.05) is 57.8 Å². The number of carbonyl (C=O) groups excluding carboxylic acids is 1. The number of hydrogen-bond acceptors (Lipinski definition) is 5. The first-order valence-corrected chi connectivity index (χ1v) is 10.5. The first-order valence-electron chi connectivity index (χ1n) is 9.58. The summed E-state index contributed by atoms with van der Waals surface area (Å²) in [5, 5.41) is 24.3. The number of carbonyl (C=O) groups is 1. The normalized spacial score (nSPS) is 12.9. The maximum atomic E-state index is 11.1. The van der Waals surface area contributed by atoms with E-state index in [4.69, 9.17) is 0 Å². The fourth-order valence-corrected chi connectivity index (χ4v) is 3.44. The van der Waals surface area contributed by atoms with Crippen LogP contribution in [0, 0.1) is 11.8 Å². The standard InChI is InChI=1S/C20H32N2O3S/c1-3-4-5-6-7-8-9-10-11-12-13-17-15-26-20(22-17)19(25)18(14-23)21-16(2)24/h15,18-19,23,25H,3-11,14H2,1-2H3,(H,21,24). The van der Waals surface area contributed by atoms with Gasteiger partial charge in [-0.05, 0) is 12.3 Å². The van der Waals surface area contributed by atoms with Crippen molar-refractivity contribution in [3.63, 3.8) is 0 Å². The van der Waals surface area contributed by atoms with Crippen molar-refractivity contribution >= 4 is 17.2 Å². The van der Waals surface area contributed by atoms with Crippen LogP contribution in [0.15, 0.2) is 5.38 Å². The molecule has 0 bridgehead atoms. The maximum absolute atomic E-state index is 11.1. The number of unbranched alkanes of at least 4 members (excludes halogenated alkanes) is 8. The van der Waals surface area contributed by atoms with E-state index in [0.29, 0.717) is 10.7 Å². The highest BCUT2D eigenvalue weighted by molar-refractivity contribution is 7.09. The highest BCUT2D eigenvalue weighted by Crippen LogP contribution is 2.21. The second-order valence-electron chi connectivity index (χ2n) is 6.53. The van der Waals surface area contributed by atoms with Gasteiger partial charge in [0.05, 0.1) is 12.6 Å². The summed E-state index contributed by atoms with van der Waals surface area (Å²) in [5.74, 6) is 5.86. The van der Waals surface area contributed by atoms with Gasteiger partial charge in [0.2, 0.25) is 5.91 Å². The largest absolute Gasteiger partial charge is 0.394 e. The van der Waals surface area contributed by atoms with Crippen molar-refractivity contribution in [2.24, 2.45) is 0 Å². The molecule has 0 spiro atoms. The molecule has 146 valence electrons. The Labute approximate surface area is 161 Å². The van der Waals surface area contributed by atoms with Gasteiger partial charge in [0, 0.05) is 18.7 Å². The Morgan fingerprint density at radius 2 is 1.88 bits per heavy atom. The molecule has 0 fully saturated rings. The molecule has 0 saturated carbocycles. The Bertz CT molecular complexity index is 577. The Balaban J connectivity index is 2.31. The third-order valence-electron chi connectivity index (χ3n) is 4.11. The molecule has 3 N–H and O–H groups in total. The second kappa shape index (κ2) is 13.7. The topological polar surface area (TPSA) is 82.5 Å². The third-order valence-corrected chi connectivity index (χ3v) is 5.03. The van der Waals surface area contributed by atoms with E-state index in [-0.39, 0.29) is 12.5 Å². The van der Waals surface area contributed by atoms with Gasteiger partial charge in [-0.15, -0.1) is 11.3 Å². The molecule has 1 heterocycles. The lowest BCUT2D eigenvalue weighted by molar-refractivity contribution is -0.121. The first-order chi connectivity index (χ1) is 12.6. The van der Waals surface area contributed by atoms with Crippen LogP contribution >= 0.6 is 11.3 Å². The number of aliphatic hydroxyl groups is 2. The molecule has 0 aliphatic heterocycles. The van der Waals surface area contributed by atoms with Crippen LogP contribution in [-0.2, 0) is 4.79 Å². The van der Waals surface area contributed by atoms with Gasteiger partial charge in [-0.2, -0.15) is 0 Å². The molecule has 2 unspecified atom stereocenters. The molecular weight excluding hydrogens is 348 g/mol. The van der Waals surface area contributed by atoms with Crippen LogP contribution < -0.4 is 5.32 Å². The van der Waals surface area contributed by atoms with Crippen LogP contribution in [0.4, 0.5) is 0 Å². The van der Waals surface area contributed by atoms with Crippen LogP contribution in [0.1, 0.15) is 88.4 Å². The van der Waals surface area contributed by atoms with E-state index in [1.807, 2.05) is 0 Å². The number of amides is 1. The molecule has 0 radical (unpaired) electrons. The van der Waals surface area contributed by atoms with Gasteiger partial charge >= 0.3 is 0 Å². The fraction of sp³-hybridized carbons (Fsp3) is 0.700. The average molecular weight is 381 g/mol. The van der Waals surface area contributed by atoms with Crippen molar-refractivity contribution in [2.45, 2.75) is 83.8 Å². The minimum atomic E-state index is -1.03. The molecule has 0 aliphatic carbocycles. The van der Waals surface area contributed by atoms with E-state index in [0.717, 1.165) is 12.8 Å². The zero-order valence-corrected chi connectivity index (χ0v) is 16.8. The van der Waals surface area contributed by atoms with Crippen molar-refractivity contribution in [3.05, 3.63) is 16.1 Å². The molecule has 1 rings (SSSR count). The highest BCUT2D eigenvalue weighted by atomic mass is 32.1. The van der Waals surface area contributed by atoms with Crippen molar-refractivity contribution in [2.75, 3.05) is 6.61 Å². The molecule has 26 heavy (non-hydrogen) atoms. The van der Waals surface area contributed by atoms with E-state index in [1.54, 1.807) is 5.38 Å². The lowest BCUT2D eigenvalue weighted by Crippen LogP contribution is -2.40. The lowest BCUT2D eigenvalue weighted by Gasteiger charge is -2.19. The molecule has 1 aromatic rings. The van der Waals surface area contributed by atoms with Gasteiger partial charge in [0.1, 0.15) is 16.8 Å². The zero-order chi connectivity index (χ0) is 19.2. The Morgan fingerprint density at radius 1 is 1.23 bits per heavy atom. The van der Waals surface area contributed by atoms with Crippen molar-refractivity contribution in [1.29, 1.82) is 0 Å². The van der Waals surface area contributed by atoms with E-state index in [1.165, 1.54) is 63.2 Å². The molecule has 5 nitrogen and oxygen atoms in total. The Kier molecular flexibility index (Phi) is 12.0. The molecule has 6 heteroatoms. The second-order valence-corrected chi connectivity index (χ2v) is 7.42. The number of aliphatic hydroxyl groups excluding tert-OH is 2. The van der Waals surface area contributed by atoms with E-state index in [9.17, 15) is 15.0 Å². The predicted octanol–water partition coefficient (Wildman–Crippen LogP) is 3.56. The summed E-state index contributed by atoms with van der Waals surface area (Å²) in [6.45, 7) is 3.23. The number of rotatable bonds is 12. The Morgan fingerprint density at radius 3 is 2.50 bits per heavy atom.